The fraction of sp³-hybridized carbons (Fsp3) is 0.154. The molecule has 2 nitrogen and oxygen atoms in total. The molecule has 88 valence electrons. The second-order valence-electron chi connectivity index (χ2n) is 3.81. The van der Waals surface area contributed by atoms with E-state index in [2.05, 4.69) is 20.9 Å². The lowest BCUT2D eigenvalue weighted by atomic mass is 10.00. The molecule has 1 heterocycles. The fourth-order valence-electron chi connectivity index (χ4n) is 1.69. The molecule has 0 bridgehead atoms. The van der Waals surface area contributed by atoms with E-state index in [4.69, 9.17) is 5.73 Å². The molecule has 17 heavy (non-hydrogen) atoms. The summed E-state index contributed by atoms with van der Waals surface area (Å²) in [6, 6.07) is 8.58. The van der Waals surface area contributed by atoms with Gasteiger partial charge in [0.1, 0.15) is 5.82 Å². The zero-order chi connectivity index (χ0) is 12.3. The Kier molecular flexibility index (Phi) is 3.86. The van der Waals surface area contributed by atoms with Gasteiger partial charge in [0.25, 0.3) is 0 Å². The third kappa shape index (κ3) is 2.90. The van der Waals surface area contributed by atoms with Crippen LogP contribution in [0.5, 0.6) is 0 Å². The number of halogens is 2. The van der Waals surface area contributed by atoms with E-state index in [1.165, 1.54) is 0 Å². The fourth-order valence-corrected chi connectivity index (χ4v) is 2.07. The number of hydrogen-bond acceptors (Lipinski definition) is 2. The van der Waals surface area contributed by atoms with Crippen molar-refractivity contribution in [1.29, 1.82) is 0 Å². The average molecular weight is 295 g/mol. The molecule has 0 fully saturated rings. The van der Waals surface area contributed by atoms with Gasteiger partial charge in [-0.15, -0.1) is 0 Å². The van der Waals surface area contributed by atoms with Crippen LogP contribution >= 0.6 is 15.9 Å². The molecule has 1 aromatic carbocycles. The first kappa shape index (κ1) is 12.2. The first-order valence-electron chi connectivity index (χ1n) is 5.27. The van der Waals surface area contributed by atoms with Crippen molar-refractivity contribution in [3.05, 3.63) is 64.1 Å². The highest BCUT2D eigenvalue weighted by atomic mass is 79.9. The van der Waals surface area contributed by atoms with E-state index in [9.17, 15) is 4.39 Å². The van der Waals surface area contributed by atoms with Gasteiger partial charge in [-0.05, 0) is 46.1 Å². The monoisotopic (exact) mass is 294 g/mol. The first-order chi connectivity index (χ1) is 8.18. The third-order valence-corrected chi connectivity index (χ3v) is 3.20. The lowest BCUT2D eigenvalue weighted by Gasteiger charge is -2.13. The molecule has 2 rings (SSSR count). The van der Waals surface area contributed by atoms with Crippen LogP contribution in [0.25, 0.3) is 0 Å². The van der Waals surface area contributed by atoms with Crippen molar-refractivity contribution < 1.29 is 4.39 Å². The van der Waals surface area contributed by atoms with E-state index in [-0.39, 0.29) is 11.9 Å². The number of nitrogens with two attached hydrogens (primary N) is 1. The first-order valence-corrected chi connectivity index (χ1v) is 6.06. The molecule has 1 unspecified atom stereocenters. The van der Waals surface area contributed by atoms with Crippen molar-refractivity contribution in [1.82, 2.24) is 4.98 Å². The molecule has 0 radical (unpaired) electrons. The Bertz CT molecular complexity index is 502. The zero-order valence-electron chi connectivity index (χ0n) is 9.11. The van der Waals surface area contributed by atoms with Gasteiger partial charge in [0.2, 0.25) is 0 Å². The average Bonchev–Trinajstić information content (AvgIpc) is 2.34. The quantitative estimate of drug-likeness (QED) is 0.944. The second-order valence-corrected chi connectivity index (χ2v) is 4.66. The Morgan fingerprint density at radius 1 is 1.24 bits per heavy atom. The highest BCUT2D eigenvalue weighted by molar-refractivity contribution is 9.10. The molecule has 2 N–H and O–H groups in total. The van der Waals surface area contributed by atoms with Crippen LogP contribution in [0.1, 0.15) is 17.2 Å². The molecule has 2 aromatic rings. The van der Waals surface area contributed by atoms with Crippen LogP contribution in [-0.2, 0) is 6.42 Å². The van der Waals surface area contributed by atoms with Gasteiger partial charge in [-0.25, -0.2) is 4.39 Å². The van der Waals surface area contributed by atoms with Crippen molar-refractivity contribution >= 4 is 15.9 Å². The van der Waals surface area contributed by atoms with E-state index >= 15 is 0 Å². The van der Waals surface area contributed by atoms with E-state index < -0.39 is 0 Å². The number of pyridine rings is 1. The molecular weight excluding hydrogens is 283 g/mol. The van der Waals surface area contributed by atoms with Crippen molar-refractivity contribution in [3.8, 4) is 0 Å². The van der Waals surface area contributed by atoms with E-state index in [1.807, 2.05) is 12.1 Å². The van der Waals surface area contributed by atoms with E-state index in [0.29, 0.717) is 16.5 Å². The number of nitrogens with zero attached hydrogens (tertiary/aromatic N) is 1. The van der Waals surface area contributed by atoms with Gasteiger partial charge >= 0.3 is 0 Å². The Balaban J connectivity index is 2.20. The maximum absolute atomic E-state index is 13.8. The van der Waals surface area contributed by atoms with Crippen LogP contribution in [0.2, 0.25) is 0 Å². The number of hydrogen-bond donors (Lipinski definition) is 1. The van der Waals surface area contributed by atoms with Crippen LogP contribution in [0.15, 0.2) is 47.2 Å². The minimum atomic E-state index is -0.352. The molecule has 1 atom stereocenters. The molecule has 0 saturated carbocycles. The predicted molar refractivity (Wildman–Crippen MR) is 69.0 cm³/mol. The normalized spacial score (nSPS) is 12.4. The number of aromatic nitrogens is 1. The Morgan fingerprint density at radius 3 is 2.65 bits per heavy atom. The van der Waals surface area contributed by atoms with Crippen molar-refractivity contribution in [2.24, 2.45) is 5.73 Å². The van der Waals surface area contributed by atoms with Gasteiger partial charge in [-0.2, -0.15) is 0 Å². The molecule has 1 aromatic heterocycles. The van der Waals surface area contributed by atoms with E-state index in [1.54, 1.807) is 30.6 Å². The van der Waals surface area contributed by atoms with Crippen molar-refractivity contribution in [2.45, 2.75) is 12.5 Å². The van der Waals surface area contributed by atoms with Gasteiger partial charge in [-0.1, -0.05) is 12.1 Å². The third-order valence-electron chi connectivity index (χ3n) is 2.59. The number of rotatable bonds is 3. The van der Waals surface area contributed by atoms with Crippen LogP contribution in [0, 0.1) is 5.82 Å². The number of benzene rings is 1. The summed E-state index contributed by atoms with van der Waals surface area (Å²) in [6.07, 6.45) is 4.01. The Labute approximate surface area is 108 Å². The molecule has 0 aliphatic rings. The molecule has 0 aliphatic carbocycles. The summed E-state index contributed by atoms with van der Waals surface area (Å²) in [7, 11) is 0. The van der Waals surface area contributed by atoms with Gasteiger partial charge in [0.15, 0.2) is 0 Å². The predicted octanol–water partition coefficient (Wildman–Crippen LogP) is 3.23. The van der Waals surface area contributed by atoms with Crippen molar-refractivity contribution in [3.63, 3.8) is 0 Å². The molecule has 0 aliphatic heterocycles. The largest absolute Gasteiger partial charge is 0.324 e. The SMILES string of the molecule is NC(Cc1ccncc1)c1cccc(Br)c1F. The van der Waals surface area contributed by atoms with Gasteiger partial charge in [0, 0.05) is 24.0 Å². The highest BCUT2D eigenvalue weighted by Crippen LogP contribution is 2.24. The van der Waals surface area contributed by atoms with Gasteiger partial charge < -0.3 is 5.73 Å². The minimum absolute atomic E-state index is 0.283. The molecule has 0 amide bonds. The second kappa shape index (κ2) is 5.38. The summed E-state index contributed by atoms with van der Waals surface area (Å²) in [5.41, 5.74) is 7.59. The van der Waals surface area contributed by atoms with Crippen LogP contribution in [-0.4, -0.2) is 4.98 Å². The van der Waals surface area contributed by atoms with Crippen molar-refractivity contribution in [2.75, 3.05) is 0 Å². The standard InChI is InChI=1S/C13H12BrFN2/c14-11-3-1-2-10(13(11)15)12(16)8-9-4-6-17-7-5-9/h1-7,12H,8,16H2. The maximum atomic E-state index is 13.8. The maximum Gasteiger partial charge on any atom is 0.142 e. The summed E-state index contributed by atoms with van der Waals surface area (Å²) in [4.78, 5) is 3.93. The molecule has 0 spiro atoms. The topological polar surface area (TPSA) is 38.9 Å². The summed E-state index contributed by atoms with van der Waals surface area (Å²) < 4.78 is 14.3. The molecular formula is C13H12BrFN2. The smallest absolute Gasteiger partial charge is 0.142 e. The lowest BCUT2D eigenvalue weighted by Crippen LogP contribution is -2.15. The Morgan fingerprint density at radius 2 is 1.94 bits per heavy atom. The molecule has 4 heteroatoms. The summed E-state index contributed by atoms with van der Waals surface area (Å²) >= 11 is 3.16. The minimum Gasteiger partial charge on any atom is -0.324 e. The molecule has 0 saturated heterocycles. The summed E-state index contributed by atoms with van der Waals surface area (Å²) in [5, 5.41) is 0. The van der Waals surface area contributed by atoms with E-state index in [0.717, 1.165) is 5.56 Å². The van der Waals surface area contributed by atoms with Crippen LogP contribution < -0.4 is 5.73 Å². The highest BCUT2D eigenvalue weighted by Gasteiger charge is 2.13. The Hall–Kier alpha value is -1.26. The zero-order valence-corrected chi connectivity index (χ0v) is 10.7. The summed E-state index contributed by atoms with van der Waals surface area (Å²) in [6.45, 7) is 0. The van der Waals surface area contributed by atoms with Crippen LogP contribution in [0.4, 0.5) is 4.39 Å². The summed E-state index contributed by atoms with van der Waals surface area (Å²) in [5.74, 6) is -0.283. The lowest BCUT2D eigenvalue weighted by molar-refractivity contribution is 0.575. The van der Waals surface area contributed by atoms with Gasteiger partial charge in [0.05, 0.1) is 4.47 Å². The van der Waals surface area contributed by atoms with Gasteiger partial charge in [-0.3, -0.25) is 4.98 Å². The van der Waals surface area contributed by atoms with Crippen LogP contribution in [0.3, 0.4) is 0 Å².